The Balaban J connectivity index is 1.32. The molecule has 7 nitrogen and oxygen atoms in total. The fraction of sp³-hybridized carbons (Fsp3) is 0.269. The maximum Gasteiger partial charge on any atom is 0.267 e. The number of ether oxygens (including phenoxy) is 2. The minimum atomic E-state index is -0.192. The molecule has 1 aliphatic heterocycles. The Labute approximate surface area is 210 Å². The standard InChI is InChI=1S/C26H23N3O4S2/c1-15-7-9-18-21(11-15)35-24-23(18)25(31)29(17-5-3-2-4-6-17)26(28-24)34-13-22(30)27-16-8-10-19-20(12-16)33-14-32-19/h2-6,8,10,12,15H,7,9,11,13-14H2,1H3,(H,27,30)/t15-/m0/s1. The minimum Gasteiger partial charge on any atom is -0.454 e. The van der Waals surface area contributed by atoms with Crippen molar-refractivity contribution in [3.63, 3.8) is 0 Å². The van der Waals surface area contributed by atoms with Crippen molar-refractivity contribution >= 4 is 44.9 Å². The van der Waals surface area contributed by atoms with E-state index in [0.29, 0.717) is 28.3 Å². The molecule has 1 amide bonds. The van der Waals surface area contributed by atoms with E-state index in [0.717, 1.165) is 40.7 Å². The number of hydrogen-bond acceptors (Lipinski definition) is 7. The summed E-state index contributed by atoms with van der Waals surface area (Å²) in [6.07, 6.45) is 2.98. The molecular formula is C26H23N3O4S2. The van der Waals surface area contributed by atoms with Crippen LogP contribution >= 0.6 is 23.1 Å². The van der Waals surface area contributed by atoms with Gasteiger partial charge in [-0.25, -0.2) is 4.98 Å². The molecule has 0 fully saturated rings. The number of carbonyl (C=O) groups excluding carboxylic acids is 1. The summed E-state index contributed by atoms with van der Waals surface area (Å²) in [5.74, 6) is 1.80. The van der Waals surface area contributed by atoms with Crippen molar-refractivity contribution in [2.75, 3.05) is 17.9 Å². The van der Waals surface area contributed by atoms with Crippen molar-refractivity contribution in [1.29, 1.82) is 0 Å². The van der Waals surface area contributed by atoms with Gasteiger partial charge in [0.15, 0.2) is 16.7 Å². The summed E-state index contributed by atoms with van der Waals surface area (Å²) >= 11 is 2.88. The Morgan fingerprint density at radius 2 is 2.03 bits per heavy atom. The Kier molecular flexibility index (Phi) is 5.74. The number of thiophene rings is 1. The number of para-hydroxylation sites is 1. The largest absolute Gasteiger partial charge is 0.454 e. The Hall–Kier alpha value is -3.30. The molecule has 1 aliphatic carbocycles. The highest BCUT2D eigenvalue weighted by Gasteiger charge is 2.25. The average molecular weight is 506 g/mol. The van der Waals surface area contributed by atoms with Gasteiger partial charge in [0.1, 0.15) is 4.83 Å². The SMILES string of the molecule is C[C@H]1CCc2c(sc3nc(SCC(=O)Nc4ccc5c(c4)OCO5)n(-c4ccccc4)c(=O)c23)C1. The zero-order valence-electron chi connectivity index (χ0n) is 19.1. The number of nitrogens with one attached hydrogen (secondary N) is 1. The van der Waals surface area contributed by atoms with Crippen LogP contribution in [0.4, 0.5) is 5.69 Å². The Morgan fingerprint density at radius 1 is 1.20 bits per heavy atom. The van der Waals surface area contributed by atoms with Crippen molar-refractivity contribution in [2.45, 2.75) is 31.3 Å². The summed E-state index contributed by atoms with van der Waals surface area (Å²) in [7, 11) is 0. The van der Waals surface area contributed by atoms with Crippen LogP contribution in [0.15, 0.2) is 58.5 Å². The van der Waals surface area contributed by atoms with Gasteiger partial charge < -0.3 is 14.8 Å². The first-order valence-electron chi connectivity index (χ1n) is 11.5. The summed E-state index contributed by atoms with van der Waals surface area (Å²) in [6, 6.07) is 14.8. The van der Waals surface area contributed by atoms with Gasteiger partial charge in [-0.15, -0.1) is 11.3 Å². The number of amides is 1. The summed E-state index contributed by atoms with van der Waals surface area (Å²) in [6.45, 7) is 2.43. The second-order valence-corrected chi connectivity index (χ2v) is 10.8. The van der Waals surface area contributed by atoms with E-state index < -0.39 is 0 Å². The maximum atomic E-state index is 13.8. The molecule has 3 heterocycles. The predicted octanol–water partition coefficient (Wildman–Crippen LogP) is 5.03. The molecule has 1 N–H and O–H groups in total. The molecule has 2 aliphatic rings. The highest BCUT2D eigenvalue weighted by molar-refractivity contribution is 7.99. The van der Waals surface area contributed by atoms with Crippen LogP contribution in [0, 0.1) is 5.92 Å². The van der Waals surface area contributed by atoms with Crippen LogP contribution < -0.4 is 20.3 Å². The number of benzene rings is 2. The van der Waals surface area contributed by atoms with Gasteiger partial charge in [-0.3, -0.25) is 14.2 Å². The summed E-state index contributed by atoms with van der Waals surface area (Å²) in [4.78, 5) is 33.5. The normalized spacial score (nSPS) is 16.3. The highest BCUT2D eigenvalue weighted by Crippen LogP contribution is 2.37. The topological polar surface area (TPSA) is 82.4 Å². The summed E-state index contributed by atoms with van der Waals surface area (Å²) in [5.41, 5.74) is 2.47. The summed E-state index contributed by atoms with van der Waals surface area (Å²) in [5, 5.41) is 4.14. The fourth-order valence-electron chi connectivity index (χ4n) is 4.57. The van der Waals surface area contributed by atoms with Crippen molar-refractivity contribution < 1.29 is 14.3 Å². The molecule has 0 bridgehead atoms. The van der Waals surface area contributed by atoms with Crippen LogP contribution in [-0.4, -0.2) is 28.0 Å². The first-order chi connectivity index (χ1) is 17.1. The quantitative estimate of drug-likeness (QED) is 0.303. The van der Waals surface area contributed by atoms with Crippen LogP contribution in [0.1, 0.15) is 23.8 Å². The average Bonchev–Trinajstić information content (AvgIpc) is 3.47. The number of nitrogens with zero attached hydrogens (tertiary/aromatic N) is 2. The van der Waals surface area contributed by atoms with Crippen LogP contribution in [0.25, 0.3) is 15.9 Å². The van der Waals surface area contributed by atoms with Gasteiger partial charge in [0, 0.05) is 16.6 Å². The van der Waals surface area contributed by atoms with Crippen molar-refractivity contribution in [3.05, 3.63) is 69.3 Å². The highest BCUT2D eigenvalue weighted by atomic mass is 32.2. The molecule has 35 heavy (non-hydrogen) atoms. The van der Waals surface area contributed by atoms with Crippen LogP contribution in [0.5, 0.6) is 11.5 Å². The van der Waals surface area contributed by atoms with Crippen molar-refractivity contribution in [3.8, 4) is 17.2 Å². The molecule has 0 unspecified atom stereocenters. The molecule has 0 saturated carbocycles. The second-order valence-electron chi connectivity index (χ2n) is 8.81. The Bertz CT molecular complexity index is 1500. The Morgan fingerprint density at radius 3 is 2.89 bits per heavy atom. The number of thioether (sulfide) groups is 1. The van der Waals surface area contributed by atoms with E-state index in [1.807, 2.05) is 30.3 Å². The first-order valence-corrected chi connectivity index (χ1v) is 13.3. The number of aryl methyl sites for hydroxylation is 1. The van der Waals surface area contributed by atoms with Gasteiger partial charge in [0.25, 0.3) is 5.56 Å². The molecule has 0 radical (unpaired) electrons. The lowest BCUT2D eigenvalue weighted by atomic mass is 9.89. The third-order valence-electron chi connectivity index (χ3n) is 6.30. The summed E-state index contributed by atoms with van der Waals surface area (Å²) < 4.78 is 12.4. The van der Waals surface area contributed by atoms with Crippen LogP contribution in [0.2, 0.25) is 0 Å². The predicted molar refractivity (Wildman–Crippen MR) is 138 cm³/mol. The minimum absolute atomic E-state index is 0.0630. The smallest absolute Gasteiger partial charge is 0.267 e. The van der Waals surface area contributed by atoms with Gasteiger partial charge in [-0.1, -0.05) is 36.9 Å². The van der Waals surface area contributed by atoms with E-state index in [4.69, 9.17) is 14.5 Å². The second kappa shape index (κ2) is 9.05. The van der Waals surface area contributed by atoms with Crippen LogP contribution in [-0.2, 0) is 17.6 Å². The lowest BCUT2D eigenvalue weighted by molar-refractivity contribution is -0.113. The number of hydrogen-bond donors (Lipinski definition) is 1. The van der Waals surface area contributed by atoms with Gasteiger partial charge in [0.2, 0.25) is 12.7 Å². The van der Waals surface area contributed by atoms with Crippen LogP contribution in [0.3, 0.4) is 0 Å². The third kappa shape index (κ3) is 4.19. The number of aromatic nitrogens is 2. The number of anilines is 1. The molecule has 2 aromatic heterocycles. The molecule has 2 aromatic carbocycles. The monoisotopic (exact) mass is 505 g/mol. The number of fused-ring (bicyclic) bond motifs is 4. The maximum absolute atomic E-state index is 13.8. The van der Waals surface area contributed by atoms with E-state index in [9.17, 15) is 9.59 Å². The zero-order valence-corrected chi connectivity index (χ0v) is 20.7. The van der Waals surface area contributed by atoms with Crippen molar-refractivity contribution in [2.24, 2.45) is 5.92 Å². The van der Waals surface area contributed by atoms with E-state index >= 15 is 0 Å². The van der Waals surface area contributed by atoms with Gasteiger partial charge in [-0.05, 0) is 55.0 Å². The molecule has 4 aromatic rings. The molecule has 0 spiro atoms. The molecule has 6 rings (SSSR count). The lowest BCUT2D eigenvalue weighted by Crippen LogP contribution is -2.23. The molecule has 9 heteroatoms. The van der Waals surface area contributed by atoms with Gasteiger partial charge >= 0.3 is 0 Å². The van der Waals surface area contributed by atoms with Gasteiger partial charge in [0.05, 0.1) is 16.8 Å². The molecular weight excluding hydrogens is 482 g/mol. The van der Waals surface area contributed by atoms with Crippen molar-refractivity contribution in [1.82, 2.24) is 9.55 Å². The van der Waals surface area contributed by atoms with E-state index in [2.05, 4.69) is 12.2 Å². The third-order valence-corrected chi connectivity index (χ3v) is 8.39. The molecule has 1 atom stereocenters. The van der Waals surface area contributed by atoms with E-state index in [-0.39, 0.29) is 24.0 Å². The van der Waals surface area contributed by atoms with Gasteiger partial charge in [-0.2, -0.15) is 0 Å². The molecule has 0 saturated heterocycles. The molecule has 178 valence electrons. The lowest BCUT2D eigenvalue weighted by Gasteiger charge is -2.17. The number of carbonyl (C=O) groups is 1. The zero-order chi connectivity index (χ0) is 23.9. The van der Waals surface area contributed by atoms with E-state index in [1.54, 1.807) is 34.1 Å². The van der Waals surface area contributed by atoms with E-state index in [1.165, 1.54) is 16.6 Å². The number of rotatable bonds is 5. The fourth-order valence-corrected chi connectivity index (χ4v) is 6.81. The first kappa shape index (κ1) is 22.2.